The molecule has 1 amide bonds. The zero-order valence-electron chi connectivity index (χ0n) is 12.9. The number of amides is 1. The van der Waals surface area contributed by atoms with Gasteiger partial charge in [0.05, 0.1) is 12.2 Å². The Kier molecular flexibility index (Phi) is 4.06. The van der Waals surface area contributed by atoms with Crippen molar-refractivity contribution in [3.8, 4) is 11.8 Å². The highest BCUT2D eigenvalue weighted by Crippen LogP contribution is 2.68. The normalized spacial score (nSPS) is 18.6. The van der Waals surface area contributed by atoms with Gasteiger partial charge >= 0.3 is 0 Å². The van der Waals surface area contributed by atoms with Gasteiger partial charge in [-0.1, -0.05) is 51.1 Å². The highest BCUT2D eigenvalue weighted by Gasteiger charge is 2.68. The maximum atomic E-state index is 12.5. The first-order valence-electron chi connectivity index (χ1n) is 7.01. The number of hydrogen-bond donors (Lipinski definition) is 2. The van der Waals surface area contributed by atoms with Crippen molar-refractivity contribution in [1.82, 2.24) is 0 Å². The van der Waals surface area contributed by atoms with Gasteiger partial charge in [-0.15, -0.1) is 0 Å². The van der Waals surface area contributed by atoms with E-state index in [9.17, 15) is 4.79 Å². The summed E-state index contributed by atoms with van der Waals surface area (Å²) in [7, 11) is 0. The Labute approximate surface area is 131 Å². The van der Waals surface area contributed by atoms with Crippen molar-refractivity contribution in [2.45, 2.75) is 27.7 Å². The Hall–Kier alpha value is -1.50. The lowest BCUT2D eigenvalue weighted by atomic mass is 10.0. The SMILES string of the molecule is CC1(C)C(C(=O)Nc2cc(Cl)ccc2C#CCN)C1(C)C. The highest BCUT2D eigenvalue weighted by atomic mass is 35.5. The van der Waals surface area contributed by atoms with E-state index in [1.165, 1.54) is 0 Å². The van der Waals surface area contributed by atoms with Crippen molar-refractivity contribution in [1.29, 1.82) is 0 Å². The van der Waals surface area contributed by atoms with Crippen LogP contribution >= 0.6 is 11.6 Å². The molecule has 1 aromatic rings. The van der Waals surface area contributed by atoms with Crippen molar-refractivity contribution in [3.63, 3.8) is 0 Å². The summed E-state index contributed by atoms with van der Waals surface area (Å²) in [6, 6.07) is 5.27. The molecule has 0 spiro atoms. The number of benzene rings is 1. The molecule has 0 heterocycles. The molecule has 0 saturated heterocycles. The van der Waals surface area contributed by atoms with Crippen LogP contribution in [-0.4, -0.2) is 12.5 Å². The quantitative estimate of drug-likeness (QED) is 0.824. The summed E-state index contributed by atoms with van der Waals surface area (Å²) >= 11 is 6.02. The van der Waals surface area contributed by atoms with Crippen molar-refractivity contribution in [2.75, 3.05) is 11.9 Å². The molecule has 0 aromatic heterocycles. The largest absolute Gasteiger partial charge is 0.325 e. The third-order valence-electron chi connectivity index (χ3n) is 4.85. The Bertz CT molecular complexity index is 624. The second-order valence-corrected chi connectivity index (χ2v) is 7.00. The topological polar surface area (TPSA) is 55.1 Å². The van der Waals surface area contributed by atoms with Gasteiger partial charge in [0, 0.05) is 16.5 Å². The van der Waals surface area contributed by atoms with Gasteiger partial charge in [-0.3, -0.25) is 4.79 Å². The summed E-state index contributed by atoms with van der Waals surface area (Å²) in [5.41, 5.74) is 6.77. The van der Waals surface area contributed by atoms with Gasteiger partial charge < -0.3 is 11.1 Å². The predicted octanol–water partition coefficient (Wildman–Crippen LogP) is 3.27. The minimum absolute atomic E-state index is 0.00123. The van der Waals surface area contributed by atoms with Crippen molar-refractivity contribution in [3.05, 3.63) is 28.8 Å². The first-order chi connectivity index (χ1) is 9.71. The Morgan fingerprint density at radius 3 is 2.48 bits per heavy atom. The molecule has 0 bridgehead atoms. The summed E-state index contributed by atoms with van der Waals surface area (Å²) < 4.78 is 0. The summed E-state index contributed by atoms with van der Waals surface area (Å²) in [6.45, 7) is 8.74. The average molecular weight is 305 g/mol. The zero-order valence-corrected chi connectivity index (χ0v) is 13.6. The second-order valence-electron chi connectivity index (χ2n) is 6.56. The van der Waals surface area contributed by atoms with E-state index in [0.29, 0.717) is 10.7 Å². The Morgan fingerprint density at radius 2 is 1.95 bits per heavy atom. The van der Waals surface area contributed by atoms with Crippen LogP contribution in [0.5, 0.6) is 0 Å². The van der Waals surface area contributed by atoms with Gasteiger partial charge in [0.1, 0.15) is 0 Å². The molecule has 112 valence electrons. The lowest BCUT2D eigenvalue weighted by Gasteiger charge is -2.09. The van der Waals surface area contributed by atoms with E-state index in [-0.39, 0.29) is 29.2 Å². The molecule has 0 aliphatic heterocycles. The fourth-order valence-electron chi connectivity index (χ4n) is 2.93. The van der Waals surface area contributed by atoms with E-state index in [4.69, 9.17) is 17.3 Å². The van der Waals surface area contributed by atoms with Gasteiger partial charge in [0.25, 0.3) is 0 Å². The molecule has 1 saturated carbocycles. The molecule has 1 aromatic carbocycles. The molecule has 0 atom stereocenters. The molecule has 1 aliphatic carbocycles. The molecule has 0 unspecified atom stereocenters. The van der Waals surface area contributed by atoms with Crippen LogP contribution < -0.4 is 11.1 Å². The summed E-state index contributed by atoms with van der Waals surface area (Å²) in [6.07, 6.45) is 0. The van der Waals surface area contributed by atoms with Crippen LogP contribution in [0, 0.1) is 28.6 Å². The number of nitrogens with one attached hydrogen (secondary N) is 1. The maximum absolute atomic E-state index is 12.5. The van der Waals surface area contributed by atoms with Gasteiger partial charge in [-0.25, -0.2) is 0 Å². The number of hydrogen-bond acceptors (Lipinski definition) is 2. The van der Waals surface area contributed by atoms with E-state index in [2.05, 4.69) is 44.9 Å². The molecule has 3 N–H and O–H groups in total. The summed E-state index contributed by atoms with van der Waals surface area (Å²) in [5.74, 6) is 5.76. The molecule has 3 nitrogen and oxygen atoms in total. The number of carbonyl (C=O) groups excluding carboxylic acids is 1. The smallest absolute Gasteiger partial charge is 0.228 e. The minimum Gasteiger partial charge on any atom is -0.325 e. The van der Waals surface area contributed by atoms with E-state index in [1.807, 2.05) is 0 Å². The fraction of sp³-hybridized carbons (Fsp3) is 0.471. The maximum Gasteiger partial charge on any atom is 0.228 e. The molecule has 0 radical (unpaired) electrons. The summed E-state index contributed by atoms with van der Waals surface area (Å²) in [4.78, 5) is 12.5. The van der Waals surface area contributed by atoms with Crippen LogP contribution in [0.15, 0.2) is 18.2 Å². The third-order valence-corrected chi connectivity index (χ3v) is 5.08. The van der Waals surface area contributed by atoms with Crippen molar-refractivity contribution >= 4 is 23.2 Å². The first kappa shape index (κ1) is 15.9. The fourth-order valence-corrected chi connectivity index (χ4v) is 3.10. The number of halogens is 1. The van der Waals surface area contributed by atoms with Crippen LogP contribution in [0.2, 0.25) is 5.02 Å². The minimum atomic E-state index is -0.0145. The van der Waals surface area contributed by atoms with Crippen LogP contribution in [0.1, 0.15) is 33.3 Å². The van der Waals surface area contributed by atoms with Gasteiger partial charge in [0.15, 0.2) is 0 Å². The van der Waals surface area contributed by atoms with E-state index >= 15 is 0 Å². The number of anilines is 1. The molecular weight excluding hydrogens is 284 g/mol. The molecule has 4 heteroatoms. The van der Waals surface area contributed by atoms with Gasteiger partial charge in [0.2, 0.25) is 5.91 Å². The molecular formula is C17H21ClN2O. The van der Waals surface area contributed by atoms with Crippen LogP contribution in [0.3, 0.4) is 0 Å². The lowest BCUT2D eigenvalue weighted by molar-refractivity contribution is -0.118. The number of nitrogens with two attached hydrogens (primary N) is 1. The lowest BCUT2D eigenvalue weighted by Crippen LogP contribution is -2.18. The molecule has 21 heavy (non-hydrogen) atoms. The average Bonchev–Trinajstić information content (AvgIpc) is 2.78. The van der Waals surface area contributed by atoms with Crippen LogP contribution in [0.25, 0.3) is 0 Å². The molecule has 1 fully saturated rings. The highest BCUT2D eigenvalue weighted by molar-refractivity contribution is 6.31. The van der Waals surface area contributed by atoms with E-state index in [0.717, 1.165) is 5.56 Å². The first-order valence-corrected chi connectivity index (χ1v) is 7.39. The number of rotatable bonds is 2. The van der Waals surface area contributed by atoms with E-state index in [1.54, 1.807) is 18.2 Å². The van der Waals surface area contributed by atoms with Gasteiger partial charge in [-0.2, -0.15) is 0 Å². The van der Waals surface area contributed by atoms with Gasteiger partial charge in [-0.05, 0) is 29.0 Å². The standard InChI is InChI=1S/C17H21ClN2O/c1-16(2)14(17(16,3)4)15(21)20-13-10-12(18)8-7-11(13)6-5-9-19/h7-8,10,14H,9,19H2,1-4H3,(H,20,21). The van der Waals surface area contributed by atoms with E-state index < -0.39 is 0 Å². The second kappa shape index (κ2) is 5.36. The number of carbonyl (C=O) groups is 1. The van der Waals surface area contributed by atoms with Crippen molar-refractivity contribution in [2.24, 2.45) is 22.5 Å². The predicted molar refractivity (Wildman–Crippen MR) is 87.1 cm³/mol. The molecule has 2 rings (SSSR count). The van der Waals surface area contributed by atoms with Crippen LogP contribution in [-0.2, 0) is 4.79 Å². The molecule has 1 aliphatic rings. The van der Waals surface area contributed by atoms with Crippen LogP contribution in [0.4, 0.5) is 5.69 Å². The Balaban J connectivity index is 2.24. The summed E-state index contributed by atoms with van der Waals surface area (Å²) in [5, 5.41) is 3.53. The Morgan fingerprint density at radius 1 is 1.33 bits per heavy atom. The van der Waals surface area contributed by atoms with Crippen molar-refractivity contribution < 1.29 is 4.79 Å². The zero-order chi connectivity index (χ0) is 15.8. The third kappa shape index (κ3) is 2.79. The monoisotopic (exact) mass is 304 g/mol.